The summed E-state index contributed by atoms with van der Waals surface area (Å²) in [5.41, 5.74) is 3.65. The molecule has 1 unspecified atom stereocenters. The Hall–Kier alpha value is -3.46. The predicted molar refractivity (Wildman–Crippen MR) is 189 cm³/mol. The van der Waals surface area contributed by atoms with Gasteiger partial charge in [0.2, 0.25) is 11.8 Å². The fourth-order valence-electron chi connectivity index (χ4n) is 5.36. The average Bonchev–Trinajstić information content (AvgIpc) is 3.75. The zero-order valence-electron chi connectivity index (χ0n) is 28.2. The third-order valence-electron chi connectivity index (χ3n) is 8.04. The molecule has 11 nitrogen and oxygen atoms in total. The molecule has 0 amide bonds. The van der Waals surface area contributed by atoms with Crippen molar-refractivity contribution in [3.63, 3.8) is 0 Å². The van der Waals surface area contributed by atoms with Crippen LogP contribution in [0.3, 0.4) is 0 Å². The molecular formula is C36H45IN2O9. The highest BCUT2D eigenvalue weighted by Crippen LogP contribution is 2.29. The van der Waals surface area contributed by atoms with Gasteiger partial charge in [0.05, 0.1) is 45.3 Å². The molecule has 1 N–H and O–H groups in total. The molecule has 1 aliphatic rings. The summed E-state index contributed by atoms with van der Waals surface area (Å²) < 4.78 is 39.9. The number of oxazole rings is 2. The fourth-order valence-corrected chi connectivity index (χ4v) is 5.96. The van der Waals surface area contributed by atoms with Crippen LogP contribution in [-0.2, 0) is 42.9 Å². The normalized spacial score (nSPS) is 16.5. The Labute approximate surface area is 295 Å². The second kappa shape index (κ2) is 18.9. The van der Waals surface area contributed by atoms with E-state index < -0.39 is 12.1 Å². The molecule has 3 atom stereocenters. The van der Waals surface area contributed by atoms with Crippen LogP contribution < -0.4 is 9.47 Å². The number of nitrogens with zero attached hydrogens (tertiary/aromatic N) is 2. The van der Waals surface area contributed by atoms with Gasteiger partial charge in [-0.05, 0) is 62.1 Å². The Bertz CT molecular complexity index is 1570. The SMILES string of the molecule is CCc1oc(-c2cccc(OC)c2)nc1CI.CCc1oc(-c2cccc(OC)c2)nc1CO[C@H]1CCC[C@@H](OCC(OC)C(=O)O)C1. The van der Waals surface area contributed by atoms with E-state index in [1.165, 1.54) is 7.11 Å². The molecule has 12 heteroatoms. The molecule has 260 valence electrons. The second-order valence-corrected chi connectivity index (χ2v) is 12.0. The van der Waals surface area contributed by atoms with Gasteiger partial charge in [-0.3, -0.25) is 0 Å². The van der Waals surface area contributed by atoms with Gasteiger partial charge in [0.1, 0.15) is 28.7 Å². The molecule has 5 rings (SSSR count). The van der Waals surface area contributed by atoms with Gasteiger partial charge in [0.25, 0.3) is 0 Å². The van der Waals surface area contributed by atoms with Crippen molar-refractivity contribution in [3.05, 3.63) is 71.4 Å². The first kappa shape index (κ1) is 37.4. The van der Waals surface area contributed by atoms with Gasteiger partial charge in [-0.25, -0.2) is 14.8 Å². The van der Waals surface area contributed by atoms with E-state index in [4.69, 9.17) is 37.6 Å². The average molecular weight is 777 g/mol. The summed E-state index contributed by atoms with van der Waals surface area (Å²) in [6.07, 6.45) is 4.16. The number of methoxy groups -OCH3 is 3. The highest BCUT2D eigenvalue weighted by molar-refractivity contribution is 14.1. The van der Waals surface area contributed by atoms with Crippen LogP contribution in [0, 0.1) is 0 Å². The number of aliphatic carboxylic acids is 1. The fraction of sp³-hybridized carbons (Fsp3) is 0.472. The van der Waals surface area contributed by atoms with Crippen molar-refractivity contribution in [1.82, 2.24) is 9.97 Å². The number of carboxylic acid groups (broad SMARTS) is 1. The highest BCUT2D eigenvalue weighted by atomic mass is 127. The number of benzene rings is 2. The van der Waals surface area contributed by atoms with Crippen LogP contribution in [0.2, 0.25) is 0 Å². The minimum atomic E-state index is -1.02. The third-order valence-corrected chi connectivity index (χ3v) is 8.76. The zero-order chi connectivity index (χ0) is 34.5. The predicted octanol–water partition coefficient (Wildman–Crippen LogP) is 7.70. The summed E-state index contributed by atoms with van der Waals surface area (Å²) in [7, 11) is 4.66. The van der Waals surface area contributed by atoms with Crippen molar-refractivity contribution in [1.29, 1.82) is 0 Å². The van der Waals surface area contributed by atoms with Crippen molar-refractivity contribution < 1.29 is 42.4 Å². The van der Waals surface area contributed by atoms with E-state index in [-0.39, 0.29) is 18.8 Å². The van der Waals surface area contributed by atoms with Gasteiger partial charge in [-0.2, -0.15) is 0 Å². The zero-order valence-corrected chi connectivity index (χ0v) is 30.4. The van der Waals surface area contributed by atoms with Crippen molar-refractivity contribution in [2.45, 2.75) is 81.7 Å². The number of ether oxygens (including phenoxy) is 5. The van der Waals surface area contributed by atoms with Gasteiger partial charge in [0.15, 0.2) is 6.10 Å². The standard InChI is InChI=1S/C23H31NO7.C13H14INO2/c1-4-20-19(24-22(31-20)15-7-5-8-16(11-15)27-2)13-29-17-9-6-10-18(12-17)30-14-21(28-3)23(25)26;1-3-12-11(8-14)15-13(17-12)9-5-4-6-10(7-9)16-2/h5,7-8,11,17-18,21H,4,6,9-10,12-14H2,1-3H3,(H,25,26);4-7H,3,8H2,1-2H3/t17-,18+,21?;/m0./s1. The number of hydrogen-bond donors (Lipinski definition) is 1. The molecule has 0 aliphatic heterocycles. The van der Waals surface area contributed by atoms with Crippen LogP contribution in [0.1, 0.15) is 62.4 Å². The highest BCUT2D eigenvalue weighted by Gasteiger charge is 2.26. The lowest BCUT2D eigenvalue weighted by molar-refractivity contribution is -0.155. The lowest BCUT2D eigenvalue weighted by Crippen LogP contribution is -2.34. The van der Waals surface area contributed by atoms with Crippen molar-refractivity contribution >= 4 is 28.6 Å². The Morgan fingerprint density at radius 1 is 0.875 bits per heavy atom. The van der Waals surface area contributed by atoms with Crippen molar-refractivity contribution in [2.75, 3.05) is 27.9 Å². The molecule has 0 radical (unpaired) electrons. The largest absolute Gasteiger partial charge is 0.497 e. The Morgan fingerprint density at radius 3 is 1.90 bits per heavy atom. The summed E-state index contributed by atoms with van der Waals surface area (Å²) in [6, 6.07) is 15.4. The van der Waals surface area contributed by atoms with E-state index >= 15 is 0 Å². The number of aromatic nitrogens is 2. The molecule has 0 spiro atoms. The van der Waals surface area contributed by atoms with Crippen LogP contribution in [-0.4, -0.2) is 67.3 Å². The molecule has 4 aromatic rings. The first-order chi connectivity index (χ1) is 23.3. The van der Waals surface area contributed by atoms with Crippen molar-refractivity contribution in [2.24, 2.45) is 0 Å². The maximum absolute atomic E-state index is 11.1. The summed E-state index contributed by atoms with van der Waals surface area (Å²) in [5, 5.41) is 9.08. The van der Waals surface area contributed by atoms with Crippen LogP contribution in [0.15, 0.2) is 57.4 Å². The molecule has 2 aromatic carbocycles. The lowest BCUT2D eigenvalue weighted by Gasteiger charge is -2.29. The van der Waals surface area contributed by atoms with E-state index in [9.17, 15) is 4.79 Å². The number of aryl methyl sites for hydroxylation is 2. The van der Waals surface area contributed by atoms with Crippen LogP contribution in [0.5, 0.6) is 11.5 Å². The number of carboxylic acids is 1. The van der Waals surface area contributed by atoms with Crippen molar-refractivity contribution in [3.8, 4) is 34.4 Å². The number of hydrogen-bond acceptors (Lipinski definition) is 10. The minimum absolute atomic E-state index is 0.0336. The number of alkyl halides is 1. The topological polar surface area (TPSA) is 136 Å². The van der Waals surface area contributed by atoms with Crippen LogP contribution in [0.25, 0.3) is 22.9 Å². The van der Waals surface area contributed by atoms with Crippen LogP contribution in [0.4, 0.5) is 0 Å². The lowest BCUT2D eigenvalue weighted by atomic mass is 9.95. The molecule has 1 fully saturated rings. The van der Waals surface area contributed by atoms with Crippen LogP contribution >= 0.6 is 22.6 Å². The maximum Gasteiger partial charge on any atom is 0.335 e. The number of carbonyl (C=O) groups is 1. The molecule has 2 aromatic heterocycles. The maximum atomic E-state index is 11.1. The molecular weight excluding hydrogens is 731 g/mol. The number of halogens is 1. The summed E-state index contributed by atoms with van der Waals surface area (Å²) >= 11 is 2.30. The Morgan fingerprint density at radius 2 is 1.42 bits per heavy atom. The molecule has 1 aliphatic carbocycles. The second-order valence-electron chi connectivity index (χ2n) is 11.2. The molecule has 0 bridgehead atoms. The quantitative estimate of drug-likeness (QED) is 0.0940. The smallest absolute Gasteiger partial charge is 0.335 e. The van der Waals surface area contributed by atoms with Gasteiger partial charge < -0.3 is 37.6 Å². The molecule has 0 saturated heterocycles. The van der Waals surface area contributed by atoms with Gasteiger partial charge >= 0.3 is 5.97 Å². The number of rotatable bonds is 15. The van der Waals surface area contributed by atoms with E-state index in [1.54, 1.807) is 14.2 Å². The summed E-state index contributed by atoms with van der Waals surface area (Å²) in [4.78, 5) is 20.3. The van der Waals surface area contributed by atoms with E-state index in [0.717, 1.165) is 88.5 Å². The monoisotopic (exact) mass is 776 g/mol. The minimum Gasteiger partial charge on any atom is -0.497 e. The Balaban J connectivity index is 0.000000257. The molecule has 2 heterocycles. The third kappa shape index (κ3) is 10.3. The van der Waals surface area contributed by atoms with Gasteiger partial charge in [-0.1, -0.05) is 48.6 Å². The van der Waals surface area contributed by atoms with Gasteiger partial charge in [0, 0.05) is 35.5 Å². The molecule has 48 heavy (non-hydrogen) atoms. The molecule has 1 saturated carbocycles. The van der Waals surface area contributed by atoms with E-state index in [0.29, 0.717) is 18.4 Å². The summed E-state index contributed by atoms with van der Waals surface area (Å²) in [5.74, 6) is 3.55. The van der Waals surface area contributed by atoms with E-state index in [1.807, 2.05) is 55.5 Å². The van der Waals surface area contributed by atoms with Gasteiger partial charge in [-0.15, -0.1) is 0 Å². The Kier molecular flexibility index (Phi) is 14.7. The first-order valence-electron chi connectivity index (χ1n) is 16.1. The summed E-state index contributed by atoms with van der Waals surface area (Å²) in [6.45, 7) is 4.50. The van der Waals surface area contributed by atoms with E-state index in [2.05, 4.69) is 39.5 Å². The first-order valence-corrected chi connectivity index (χ1v) is 17.7.